The number of benzene rings is 10. The Balaban J connectivity index is 1.19. The maximum Gasteiger partial charge on any atom is 0.0633 e. The van der Waals surface area contributed by atoms with Crippen LogP contribution in [0.4, 0.5) is 17.1 Å². The minimum atomic E-state index is 1.13. The summed E-state index contributed by atoms with van der Waals surface area (Å²) in [5, 5.41) is 7.61. The number of fused-ring (bicyclic) bond motifs is 9. The molecule has 13 aromatic rings. The number of hydrogen-bond donors (Lipinski definition) is 0. The number of rotatable bonds is 7. The first-order valence-corrected chi connectivity index (χ1v) is 24.1. The predicted octanol–water partition coefficient (Wildman–Crippen LogP) is 18.9. The molecule has 64 heavy (non-hydrogen) atoms. The summed E-state index contributed by atoms with van der Waals surface area (Å²) in [6.07, 6.45) is 0. The third-order valence-electron chi connectivity index (χ3n) is 12.7. The van der Waals surface area contributed by atoms with Gasteiger partial charge in [-0.2, -0.15) is 0 Å². The Bertz CT molecular complexity index is 3880. The number of nitrogens with zero attached hydrogens (tertiary/aromatic N) is 1. The van der Waals surface area contributed by atoms with E-state index in [0.717, 1.165) is 11.4 Å². The van der Waals surface area contributed by atoms with Crippen molar-refractivity contribution < 1.29 is 0 Å². The van der Waals surface area contributed by atoms with E-state index >= 15 is 0 Å². The molecule has 10 aromatic carbocycles. The van der Waals surface area contributed by atoms with E-state index in [1.54, 1.807) is 0 Å². The molecule has 0 N–H and O–H groups in total. The predicted molar refractivity (Wildman–Crippen MR) is 282 cm³/mol. The molecular weight excluding hydrogens is 831 g/mol. The molecule has 13 rings (SSSR count). The summed E-state index contributed by atoms with van der Waals surface area (Å²) in [6, 6.07) is 82.9. The van der Waals surface area contributed by atoms with Gasteiger partial charge in [0.2, 0.25) is 0 Å². The van der Waals surface area contributed by atoms with Crippen molar-refractivity contribution in [2.75, 3.05) is 4.90 Å². The van der Waals surface area contributed by atoms with E-state index in [4.69, 9.17) is 0 Å². The summed E-state index contributed by atoms with van der Waals surface area (Å²) in [6.45, 7) is 0. The van der Waals surface area contributed by atoms with Crippen LogP contribution in [0.15, 0.2) is 224 Å². The Morgan fingerprint density at radius 1 is 0.281 bits per heavy atom. The van der Waals surface area contributed by atoms with Crippen LogP contribution in [0.25, 0.3) is 105 Å². The van der Waals surface area contributed by atoms with Crippen LogP contribution in [0.5, 0.6) is 0 Å². The highest BCUT2D eigenvalue weighted by molar-refractivity contribution is 7.27. The van der Waals surface area contributed by atoms with Crippen molar-refractivity contribution in [1.29, 1.82) is 0 Å². The van der Waals surface area contributed by atoms with Gasteiger partial charge in [0.15, 0.2) is 0 Å². The highest BCUT2D eigenvalue weighted by Crippen LogP contribution is 2.55. The topological polar surface area (TPSA) is 3.24 Å². The van der Waals surface area contributed by atoms with Crippen LogP contribution in [0.1, 0.15) is 0 Å². The van der Waals surface area contributed by atoms with Gasteiger partial charge < -0.3 is 4.90 Å². The number of hydrogen-bond acceptors (Lipinski definition) is 4. The minimum Gasteiger partial charge on any atom is -0.308 e. The Hall–Kier alpha value is -7.34. The maximum atomic E-state index is 2.62. The average Bonchev–Trinajstić information content (AvgIpc) is 4.07. The zero-order valence-electron chi connectivity index (χ0n) is 34.5. The normalized spacial score (nSPS) is 11.8. The minimum absolute atomic E-state index is 1.13. The first-order valence-electron chi connectivity index (χ1n) is 21.7. The van der Waals surface area contributed by atoms with Gasteiger partial charge in [-0.15, -0.1) is 34.0 Å². The van der Waals surface area contributed by atoms with Gasteiger partial charge in [0.05, 0.1) is 11.4 Å². The average molecular weight is 868 g/mol. The highest BCUT2D eigenvalue weighted by atomic mass is 32.1. The summed E-state index contributed by atoms with van der Waals surface area (Å²) >= 11 is 5.67. The van der Waals surface area contributed by atoms with Crippen molar-refractivity contribution >= 4 is 112 Å². The molecule has 1 nitrogen and oxygen atoms in total. The van der Waals surface area contributed by atoms with E-state index in [-0.39, 0.29) is 0 Å². The quantitative estimate of drug-likeness (QED) is 0.154. The molecule has 0 fully saturated rings. The Labute approximate surface area is 383 Å². The molecule has 300 valence electrons. The van der Waals surface area contributed by atoms with Gasteiger partial charge in [-0.1, -0.05) is 182 Å². The van der Waals surface area contributed by atoms with Crippen molar-refractivity contribution in [2.24, 2.45) is 0 Å². The van der Waals surface area contributed by atoms with E-state index in [1.807, 2.05) is 34.0 Å². The molecule has 3 heterocycles. The fourth-order valence-electron chi connectivity index (χ4n) is 9.74. The zero-order chi connectivity index (χ0) is 42.1. The first kappa shape index (κ1) is 37.2. The van der Waals surface area contributed by atoms with Crippen molar-refractivity contribution in [3.05, 3.63) is 224 Å². The van der Waals surface area contributed by atoms with E-state index in [1.165, 1.54) is 111 Å². The molecule has 3 aromatic heterocycles. The number of thiophene rings is 3. The lowest BCUT2D eigenvalue weighted by Gasteiger charge is -2.30. The third-order valence-corrected chi connectivity index (χ3v) is 16.2. The maximum absolute atomic E-state index is 2.62. The fraction of sp³-hybridized carbons (Fsp3) is 0. The second kappa shape index (κ2) is 15.2. The van der Waals surface area contributed by atoms with Crippen LogP contribution in [0, 0.1) is 0 Å². The molecule has 0 aliphatic heterocycles. The molecule has 0 saturated carbocycles. The van der Waals surface area contributed by atoms with Gasteiger partial charge in [-0.05, 0) is 81.4 Å². The van der Waals surface area contributed by atoms with Gasteiger partial charge in [-0.25, -0.2) is 0 Å². The Morgan fingerprint density at radius 3 is 1.59 bits per heavy atom. The van der Waals surface area contributed by atoms with Crippen molar-refractivity contribution in [3.8, 4) is 44.5 Å². The summed E-state index contributed by atoms with van der Waals surface area (Å²) in [4.78, 5) is 2.62. The first-order chi connectivity index (χ1) is 31.7. The van der Waals surface area contributed by atoms with Gasteiger partial charge in [0.25, 0.3) is 0 Å². The molecule has 0 saturated heterocycles. The third kappa shape index (κ3) is 6.02. The second-order valence-corrected chi connectivity index (χ2v) is 19.5. The van der Waals surface area contributed by atoms with Crippen molar-refractivity contribution in [1.82, 2.24) is 0 Å². The summed E-state index contributed by atoms with van der Waals surface area (Å²) in [5.41, 5.74) is 13.3. The van der Waals surface area contributed by atoms with Crippen LogP contribution in [-0.4, -0.2) is 0 Å². The SMILES string of the molecule is c1ccc(-c2ccc3c(c2)sc2c(-c4ccccc4)ccc(N(c4ccc5sc6ccccc6c5c4)c4c(-c5ccccc5)ccc5sc6c(-c7ccccc7)cccc6c45)c23)cc1. The van der Waals surface area contributed by atoms with E-state index in [0.29, 0.717) is 0 Å². The molecule has 4 heteroatoms. The van der Waals surface area contributed by atoms with E-state index in [9.17, 15) is 0 Å². The molecule has 0 aliphatic carbocycles. The van der Waals surface area contributed by atoms with Gasteiger partial charge in [0.1, 0.15) is 0 Å². The fourth-order valence-corrected chi connectivity index (χ4v) is 13.4. The van der Waals surface area contributed by atoms with E-state index < -0.39 is 0 Å². The van der Waals surface area contributed by atoms with Gasteiger partial charge in [-0.3, -0.25) is 0 Å². The van der Waals surface area contributed by atoms with Crippen molar-refractivity contribution in [3.63, 3.8) is 0 Å². The molecule has 0 amide bonds. The summed E-state index contributed by atoms with van der Waals surface area (Å²) < 4.78 is 7.71. The molecule has 0 aliphatic rings. The van der Waals surface area contributed by atoms with Crippen LogP contribution in [-0.2, 0) is 0 Å². The molecule has 0 radical (unpaired) electrons. The highest BCUT2D eigenvalue weighted by Gasteiger charge is 2.28. The Morgan fingerprint density at radius 2 is 0.859 bits per heavy atom. The molecular formula is C60H37NS3. The smallest absolute Gasteiger partial charge is 0.0633 e. The van der Waals surface area contributed by atoms with Gasteiger partial charge in [0, 0.05) is 71.8 Å². The summed E-state index contributed by atoms with van der Waals surface area (Å²) in [7, 11) is 0. The Kier molecular flexibility index (Phi) is 8.83. The zero-order valence-corrected chi connectivity index (χ0v) is 37.0. The largest absolute Gasteiger partial charge is 0.308 e. The lowest BCUT2D eigenvalue weighted by atomic mass is 9.95. The molecule has 0 unspecified atom stereocenters. The second-order valence-electron chi connectivity index (χ2n) is 16.3. The van der Waals surface area contributed by atoms with Crippen LogP contribution >= 0.6 is 34.0 Å². The lowest BCUT2D eigenvalue weighted by Crippen LogP contribution is -2.12. The lowest BCUT2D eigenvalue weighted by molar-refractivity contribution is 1.33. The molecule has 0 atom stereocenters. The molecule has 0 bridgehead atoms. The monoisotopic (exact) mass is 867 g/mol. The van der Waals surface area contributed by atoms with E-state index in [2.05, 4.69) is 229 Å². The molecule has 0 spiro atoms. The standard InChI is InChI=1S/C60H37NS3/c1-5-16-38(17-6-1)42-28-30-48-55(36-42)64-60-46(41-22-11-4-12-23-41)31-33-51(56(48)60)61(43-29-34-53-50(37-43)47-24-13-14-27-52(47)62-53)58-44(39-18-7-2-8-19-39)32-35-54-57(58)49-26-15-25-45(59(49)63-54)40-20-9-3-10-21-40/h1-37H. The van der Waals surface area contributed by atoms with Crippen LogP contribution in [0.2, 0.25) is 0 Å². The van der Waals surface area contributed by atoms with Crippen LogP contribution in [0.3, 0.4) is 0 Å². The van der Waals surface area contributed by atoms with Crippen LogP contribution < -0.4 is 4.90 Å². The van der Waals surface area contributed by atoms with Crippen molar-refractivity contribution in [2.45, 2.75) is 0 Å². The van der Waals surface area contributed by atoms with Gasteiger partial charge >= 0.3 is 0 Å². The summed E-state index contributed by atoms with van der Waals surface area (Å²) in [5.74, 6) is 0. The number of anilines is 3.